The minimum atomic E-state index is -0.701. The Kier molecular flexibility index (Phi) is 6.91. The predicted molar refractivity (Wildman–Crippen MR) is 98.0 cm³/mol. The second kappa shape index (κ2) is 9.15. The molecule has 0 aromatic heterocycles. The lowest BCUT2D eigenvalue weighted by Gasteiger charge is -2.32. The van der Waals surface area contributed by atoms with Crippen LogP contribution < -0.4 is 10.2 Å². The molecule has 1 aromatic carbocycles. The summed E-state index contributed by atoms with van der Waals surface area (Å²) in [5.74, 6) is -1.61. The molecule has 146 valence electrons. The second-order valence-electron chi connectivity index (χ2n) is 6.02. The summed E-state index contributed by atoms with van der Waals surface area (Å²) in [5.41, 5.74) is 1.03. The van der Waals surface area contributed by atoms with E-state index in [1.54, 1.807) is 43.3 Å². The van der Waals surface area contributed by atoms with Gasteiger partial charge in [0.05, 0.1) is 44.3 Å². The standard InChI is InChI=1S/C18H23N3O6/c1-20(2)9-15(22)19-13-7-5-6-8-14(13)21-11-27-10-12(17(23)25-3)16(21)18(24)26-4/h5-8H,9-11H2,1-4H3,(H,19,22). The second-order valence-corrected chi connectivity index (χ2v) is 6.02. The van der Waals surface area contributed by atoms with Crippen molar-refractivity contribution in [2.75, 3.05) is 58.4 Å². The average Bonchev–Trinajstić information content (AvgIpc) is 2.65. The number of carbonyl (C=O) groups is 3. The lowest BCUT2D eigenvalue weighted by molar-refractivity contribution is -0.140. The minimum Gasteiger partial charge on any atom is -0.466 e. The van der Waals surface area contributed by atoms with Gasteiger partial charge in [0.2, 0.25) is 5.91 Å². The Morgan fingerprint density at radius 3 is 2.44 bits per heavy atom. The summed E-state index contributed by atoms with van der Waals surface area (Å²) in [5, 5.41) is 2.81. The van der Waals surface area contributed by atoms with Crippen LogP contribution in [-0.4, -0.2) is 70.9 Å². The van der Waals surface area contributed by atoms with Crippen molar-refractivity contribution in [2.24, 2.45) is 0 Å². The Hall–Kier alpha value is -2.91. The third-order valence-corrected chi connectivity index (χ3v) is 3.76. The molecule has 1 aliphatic heterocycles. The van der Waals surface area contributed by atoms with Crippen LogP contribution >= 0.6 is 0 Å². The predicted octanol–water partition coefficient (Wildman–Crippen LogP) is 0.581. The summed E-state index contributed by atoms with van der Waals surface area (Å²) in [7, 11) is 6.01. The first kappa shape index (κ1) is 20.4. The van der Waals surface area contributed by atoms with Crippen LogP contribution in [0.5, 0.6) is 0 Å². The fourth-order valence-corrected chi connectivity index (χ4v) is 2.63. The Bertz CT molecular complexity index is 759. The maximum atomic E-state index is 12.4. The van der Waals surface area contributed by atoms with Crippen LogP contribution in [0.4, 0.5) is 11.4 Å². The molecule has 0 fully saturated rings. The van der Waals surface area contributed by atoms with E-state index in [9.17, 15) is 14.4 Å². The summed E-state index contributed by atoms with van der Waals surface area (Å²) in [6, 6.07) is 6.91. The number of benzene rings is 1. The van der Waals surface area contributed by atoms with Crippen LogP contribution in [0.15, 0.2) is 35.5 Å². The summed E-state index contributed by atoms with van der Waals surface area (Å²) in [6.07, 6.45) is 0. The summed E-state index contributed by atoms with van der Waals surface area (Å²) in [4.78, 5) is 39.9. The maximum absolute atomic E-state index is 12.4. The van der Waals surface area contributed by atoms with Crippen LogP contribution in [0.1, 0.15) is 0 Å². The van der Waals surface area contributed by atoms with E-state index >= 15 is 0 Å². The largest absolute Gasteiger partial charge is 0.466 e. The quantitative estimate of drug-likeness (QED) is 0.719. The number of anilines is 2. The summed E-state index contributed by atoms with van der Waals surface area (Å²) in [6.45, 7) is 0.117. The zero-order valence-electron chi connectivity index (χ0n) is 15.8. The Morgan fingerprint density at radius 1 is 1.15 bits per heavy atom. The van der Waals surface area contributed by atoms with E-state index in [0.29, 0.717) is 11.4 Å². The van der Waals surface area contributed by atoms with E-state index in [4.69, 9.17) is 14.2 Å². The van der Waals surface area contributed by atoms with Gasteiger partial charge >= 0.3 is 11.9 Å². The highest BCUT2D eigenvalue weighted by Gasteiger charge is 2.33. The van der Waals surface area contributed by atoms with Gasteiger partial charge in [0, 0.05) is 0 Å². The molecule has 9 heteroatoms. The first-order chi connectivity index (χ1) is 12.9. The number of hydrogen-bond acceptors (Lipinski definition) is 8. The zero-order chi connectivity index (χ0) is 20.0. The number of nitrogens with one attached hydrogen (secondary N) is 1. The molecule has 0 unspecified atom stereocenters. The van der Waals surface area contributed by atoms with Crippen molar-refractivity contribution in [1.29, 1.82) is 0 Å². The molecule has 0 spiro atoms. The van der Waals surface area contributed by atoms with Gasteiger partial charge in [0.15, 0.2) is 0 Å². The molecule has 1 heterocycles. The van der Waals surface area contributed by atoms with Gasteiger partial charge in [-0.05, 0) is 26.2 Å². The van der Waals surface area contributed by atoms with Crippen molar-refractivity contribution in [3.05, 3.63) is 35.5 Å². The van der Waals surface area contributed by atoms with Gasteiger partial charge in [-0.1, -0.05) is 12.1 Å². The topological polar surface area (TPSA) is 97.4 Å². The molecule has 1 amide bonds. The van der Waals surface area contributed by atoms with Gasteiger partial charge < -0.3 is 29.3 Å². The number of esters is 2. The number of amides is 1. The van der Waals surface area contributed by atoms with E-state index in [1.807, 2.05) is 0 Å². The van der Waals surface area contributed by atoms with Crippen LogP contribution in [0.2, 0.25) is 0 Å². The van der Waals surface area contributed by atoms with Gasteiger partial charge in [-0.15, -0.1) is 0 Å². The SMILES string of the molecule is COC(=O)C1=C(C(=O)OC)N(c2ccccc2NC(=O)CN(C)C)COC1. The number of nitrogens with zero attached hydrogens (tertiary/aromatic N) is 2. The molecule has 1 aliphatic rings. The first-order valence-corrected chi connectivity index (χ1v) is 8.17. The van der Waals surface area contributed by atoms with E-state index in [2.05, 4.69) is 5.32 Å². The maximum Gasteiger partial charge on any atom is 0.355 e. The van der Waals surface area contributed by atoms with Gasteiger partial charge in [0.25, 0.3) is 0 Å². The van der Waals surface area contributed by atoms with Crippen LogP contribution in [0.3, 0.4) is 0 Å². The summed E-state index contributed by atoms with van der Waals surface area (Å²) >= 11 is 0. The number of ether oxygens (including phenoxy) is 3. The van der Waals surface area contributed by atoms with Crippen molar-refractivity contribution in [3.8, 4) is 0 Å². The Morgan fingerprint density at radius 2 is 1.81 bits per heavy atom. The van der Waals surface area contributed by atoms with E-state index in [1.165, 1.54) is 19.1 Å². The van der Waals surface area contributed by atoms with E-state index in [0.717, 1.165) is 0 Å². The molecular formula is C18H23N3O6. The third kappa shape index (κ3) is 4.83. The smallest absolute Gasteiger partial charge is 0.355 e. The molecule has 0 bridgehead atoms. The molecule has 9 nitrogen and oxygen atoms in total. The van der Waals surface area contributed by atoms with Crippen molar-refractivity contribution in [2.45, 2.75) is 0 Å². The van der Waals surface area contributed by atoms with Crippen molar-refractivity contribution in [3.63, 3.8) is 0 Å². The van der Waals surface area contributed by atoms with Gasteiger partial charge in [-0.25, -0.2) is 9.59 Å². The lowest BCUT2D eigenvalue weighted by atomic mass is 10.1. The fraction of sp³-hybridized carbons (Fsp3) is 0.389. The third-order valence-electron chi connectivity index (χ3n) is 3.76. The molecule has 2 rings (SSSR count). The monoisotopic (exact) mass is 377 g/mol. The summed E-state index contributed by atoms with van der Waals surface area (Å²) < 4.78 is 15.1. The number of rotatable bonds is 6. The van der Waals surface area contributed by atoms with E-state index in [-0.39, 0.29) is 37.1 Å². The van der Waals surface area contributed by atoms with Crippen LogP contribution in [-0.2, 0) is 28.6 Å². The highest BCUT2D eigenvalue weighted by atomic mass is 16.5. The van der Waals surface area contributed by atoms with Gasteiger partial charge in [0.1, 0.15) is 12.4 Å². The lowest BCUT2D eigenvalue weighted by Crippen LogP contribution is -2.39. The number of methoxy groups -OCH3 is 2. The van der Waals surface area contributed by atoms with Crippen molar-refractivity contribution < 1.29 is 28.6 Å². The minimum absolute atomic E-state index is 0.00545. The van der Waals surface area contributed by atoms with Gasteiger partial charge in [-0.2, -0.15) is 0 Å². The van der Waals surface area contributed by atoms with E-state index < -0.39 is 11.9 Å². The first-order valence-electron chi connectivity index (χ1n) is 8.17. The number of hydrogen-bond donors (Lipinski definition) is 1. The van der Waals surface area contributed by atoms with Crippen LogP contribution in [0, 0.1) is 0 Å². The number of para-hydroxylation sites is 2. The molecule has 0 atom stereocenters. The van der Waals surface area contributed by atoms with Gasteiger partial charge in [-0.3, -0.25) is 4.79 Å². The molecule has 27 heavy (non-hydrogen) atoms. The molecule has 1 N–H and O–H groups in total. The highest BCUT2D eigenvalue weighted by molar-refractivity contribution is 6.05. The van der Waals surface area contributed by atoms with Crippen molar-refractivity contribution in [1.82, 2.24) is 4.90 Å². The number of likely N-dealkylation sites (N-methyl/N-ethyl adjacent to an activating group) is 1. The Labute approximate surface area is 157 Å². The normalized spacial score (nSPS) is 14.2. The molecule has 1 aromatic rings. The molecule has 0 saturated heterocycles. The Balaban J connectivity index is 2.47. The molecule has 0 saturated carbocycles. The molecule has 0 radical (unpaired) electrons. The molecular weight excluding hydrogens is 354 g/mol. The molecule has 0 aliphatic carbocycles. The zero-order valence-corrected chi connectivity index (χ0v) is 15.8. The fourth-order valence-electron chi connectivity index (χ4n) is 2.63. The number of carbonyl (C=O) groups excluding carboxylic acids is 3. The van der Waals surface area contributed by atoms with Crippen LogP contribution in [0.25, 0.3) is 0 Å². The van der Waals surface area contributed by atoms with Crippen molar-refractivity contribution >= 4 is 29.2 Å². The highest BCUT2D eigenvalue weighted by Crippen LogP contribution is 2.32. The average molecular weight is 377 g/mol.